The van der Waals surface area contributed by atoms with Crippen molar-refractivity contribution in [2.24, 2.45) is 0 Å². The monoisotopic (exact) mass is 274 g/mol. The topological polar surface area (TPSA) is 15.3 Å². The Bertz CT molecular complexity index is 558. The molecule has 0 bridgehead atoms. The highest BCUT2D eigenvalue weighted by Gasteiger charge is 2.13. The summed E-state index contributed by atoms with van der Waals surface area (Å²) >= 11 is 1.87. The summed E-state index contributed by atoms with van der Waals surface area (Å²) in [5, 5.41) is 3.63. The third-order valence-corrected chi connectivity index (χ3v) is 4.29. The Balaban J connectivity index is 2.24. The maximum absolute atomic E-state index is 3.63. The van der Waals surface area contributed by atoms with Crippen LogP contribution in [0.5, 0.6) is 0 Å². The van der Waals surface area contributed by atoms with Gasteiger partial charge in [-0.3, -0.25) is 0 Å². The second-order valence-corrected chi connectivity index (χ2v) is 6.61. The Morgan fingerprint density at radius 1 is 1.16 bits per heavy atom. The fourth-order valence-electron chi connectivity index (χ4n) is 2.38. The molecule has 0 amide bonds. The van der Waals surface area contributed by atoms with E-state index in [1.807, 2.05) is 11.3 Å². The minimum absolute atomic E-state index is 0.325. The molecule has 1 unspecified atom stereocenters. The number of hydrogen-bond donors (Lipinski definition) is 1. The molecule has 0 saturated carbocycles. The molecule has 102 valence electrons. The number of thiophene rings is 1. The molecule has 3 heteroatoms. The van der Waals surface area contributed by atoms with Crippen molar-refractivity contribution >= 4 is 22.7 Å². The predicted molar refractivity (Wildman–Crippen MR) is 86.6 cm³/mol. The Labute approximate surface area is 120 Å². The van der Waals surface area contributed by atoms with E-state index in [4.69, 9.17) is 0 Å². The summed E-state index contributed by atoms with van der Waals surface area (Å²) in [4.78, 5) is 4.92. The molecule has 1 N–H and O–H groups in total. The van der Waals surface area contributed by atoms with Crippen molar-refractivity contribution in [1.82, 2.24) is 0 Å². The number of hydrogen-bond acceptors (Lipinski definition) is 3. The summed E-state index contributed by atoms with van der Waals surface area (Å²) in [6.45, 7) is 6.59. The van der Waals surface area contributed by atoms with Gasteiger partial charge in [-0.1, -0.05) is 12.1 Å². The highest BCUT2D eigenvalue weighted by Crippen LogP contribution is 2.31. The van der Waals surface area contributed by atoms with Gasteiger partial charge in [0.25, 0.3) is 0 Å². The molecule has 0 aliphatic carbocycles. The zero-order chi connectivity index (χ0) is 14.0. The largest absolute Gasteiger partial charge is 0.377 e. The lowest BCUT2D eigenvalue weighted by Gasteiger charge is -2.22. The molecule has 0 aliphatic rings. The highest BCUT2D eigenvalue weighted by atomic mass is 32.1. The maximum Gasteiger partial charge on any atom is 0.0596 e. The third kappa shape index (κ3) is 3.10. The first-order chi connectivity index (χ1) is 8.99. The van der Waals surface area contributed by atoms with Crippen LogP contribution in [-0.2, 0) is 0 Å². The zero-order valence-corrected chi connectivity index (χ0v) is 13.1. The van der Waals surface area contributed by atoms with Crippen molar-refractivity contribution in [3.63, 3.8) is 0 Å². The van der Waals surface area contributed by atoms with Crippen LogP contribution < -0.4 is 10.2 Å². The molecule has 19 heavy (non-hydrogen) atoms. The minimum Gasteiger partial charge on any atom is -0.377 e. The van der Waals surface area contributed by atoms with E-state index in [1.165, 1.54) is 26.7 Å². The Hall–Kier alpha value is -1.48. The summed E-state index contributed by atoms with van der Waals surface area (Å²) in [6.07, 6.45) is 0. The van der Waals surface area contributed by atoms with Gasteiger partial charge in [-0.25, -0.2) is 0 Å². The van der Waals surface area contributed by atoms with Crippen molar-refractivity contribution in [2.45, 2.75) is 26.8 Å². The standard InChI is InChI=1S/C16H22N2S/c1-11-10-14(13(3)19-11)12(2)17-15-8-6-7-9-16(15)18(4)5/h6-10,12,17H,1-5H3. The van der Waals surface area contributed by atoms with Gasteiger partial charge in [0.2, 0.25) is 0 Å². The minimum atomic E-state index is 0.325. The molecular weight excluding hydrogens is 252 g/mol. The molecule has 1 heterocycles. The van der Waals surface area contributed by atoms with E-state index in [1.54, 1.807) is 0 Å². The number of para-hydroxylation sites is 2. The molecule has 2 nitrogen and oxygen atoms in total. The summed E-state index contributed by atoms with van der Waals surface area (Å²) in [5.41, 5.74) is 3.80. The molecule has 2 rings (SSSR count). The first-order valence-electron chi connectivity index (χ1n) is 6.59. The van der Waals surface area contributed by atoms with Gasteiger partial charge in [-0.2, -0.15) is 0 Å². The normalized spacial score (nSPS) is 12.3. The first kappa shape index (κ1) is 13.9. The molecule has 1 atom stereocenters. The van der Waals surface area contributed by atoms with E-state index >= 15 is 0 Å². The van der Waals surface area contributed by atoms with Crippen LogP contribution in [0, 0.1) is 13.8 Å². The van der Waals surface area contributed by atoms with Crippen LogP contribution in [0.1, 0.15) is 28.3 Å². The van der Waals surface area contributed by atoms with Crippen molar-refractivity contribution in [1.29, 1.82) is 0 Å². The molecule has 1 aromatic heterocycles. The van der Waals surface area contributed by atoms with Gasteiger partial charge in [0.05, 0.1) is 11.4 Å². The average Bonchev–Trinajstić information content (AvgIpc) is 2.69. The quantitative estimate of drug-likeness (QED) is 0.876. The smallest absolute Gasteiger partial charge is 0.0596 e. The number of aryl methyl sites for hydroxylation is 2. The number of nitrogens with one attached hydrogen (secondary N) is 1. The maximum atomic E-state index is 3.63. The van der Waals surface area contributed by atoms with E-state index < -0.39 is 0 Å². The molecule has 1 aromatic carbocycles. The molecule has 0 fully saturated rings. The van der Waals surface area contributed by atoms with Crippen molar-refractivity contribution in [2.75, 3.05) is 24.3 Å². The summed E-state index contributed by atoms with van der Waals surface area (Å²) < 4.78 is 0. The van der Waals surface area contributed by atoms with Gasteiger partial charge in [-0.05, 0) is 44.5 Å². The van der Waals surface area contributed by atoms with Crippen molar-refractivity contribution < 1.29 is 0 Å². The molecule has 0 radical (unpaired) electrons. The van der Waals surface area contributed by atoms with Crippen LogP contribution in [0.3, 0.4) is 0 Å². The van der Waals surface area contributed by atoms with Crippen LogP contribution in [0.4, 0.5) is 11.4 Å². The van der Waals surface area contributed by atoms with Gasteiger partial charge in [0.1, 0.15) is 0 Å². The predicted octanol–water partition coefficient (Wildman–Crippen LogP) is 4.60. The zero-order valence-electron chi connectivity index (χ0n) is 12.3. The lowest BCUT2D eigenvalue weighted by molar-refractivity contribution is 0.880. The number of nitrogens with zero attached hydrogens (tertiary/aromatic N) is 1. The molecular formula is C16H22N2S. The SMILES string of the molecule is Cc1cc(C(C)Nc2ccccc2N(C)C)c(C)s1. The van der Waals surface area contributed by atoms with E-state index in [2.05, 4.69) is 75.4 Å². The van der Waals surface area contributed by atoms with Gasteiger partial charge >= 0.3 is 0 Å². The number of anilines is 2. The van der Waals surface area contributed by atoms with Crippen LogP contribution in [0.2, 0.25) is 0 Å². The lowest BCUT2D eigenvalue weighted by Crippen LogP contribution is -2.14. The van der Waals surface area contributed by atoms with Crippen molar-refractivity contribution in [3.05, 3.63) is 45.6 Å². The van der Waals surface area contributed by atoms with E-state index in [0.29, 0.717) is 6.04 Å². The molecule has 0 saturated heterocycles. The second-order valence-electron chi connectivity index (χ2n) is 5.15. The van der Waals surface area contributed by atoms with Gasteiger partial charge < -0.3 is 10.2 Å². The molecule has 0 spiro atoms. The average molecular weight is 274 g/mol. The fourth-order valence-corrected chi connectivity index (χ4v) is 3.40. The van der Waals surface area contributed by atoms with Gasteiger partial charge in [0.15, 0.2) is 0 Å². The number of benzene rings is 1. The van der Waals surface area contributed by atoms with Crippen LogP contribution in [-0.4, -0.2) is 14.1 Å². The van der Waals surface area contributed by atoms with E-state index in [9.17, 15) is 0 Å². The summed E-state index contributed by atoms with van der Waals surface area (Å²) in [5.74, 6) is 0. The number of rotatable bonds is 4. The van der Waals surface area contributed by atoms with E-state index in [-0.39, 0.29) is 0 Å². The van der Waals surface area contributed by atoms with Crippen LogP contribution >= 0.6 is 11.3 Å². The van der Waals surface area contributed by atoms with Gasteiger partial charge in [0, 0.05) is 29.9 Å². The third-order valence-electron chi connectivity index (χ3n) is 3.30. The lowest BCUT2D eigenvalue weighted by atomic mass is 10.1. The molecule has 0 aliphatic heterocycles. The Morgan fingerprint density at radius 3 is 2.42 bits per heavy atom. The van der Waals surface area contributed by atoms with Crippen LogP contribution in [0.25, 0.3) is 0 Å². The van der Waals surface area contributed by atoms with Gasteiger partial charge in [-0.15, -0.1) is 11.3 Å². The summed E-state index contributed by atoms with van der Waals surface area (Å²) in [6, 6.07) is 11.0. The van der Waals surface area contributed by atoms with E-state index in [0.717, 1.165) is 0 Å². The second kappa shape index (κ2) is 5.66. The first-order valence-corrected chi connectivity index (χ1v) is 7.40. The Kier molecular flexibility index (Phi) is 4.15. The fraction of sp³-hybridized carbons (Fsp3) is 0.375. The van der Waals surface area contributed by atoms with Crippen LogP contribution in [0.15, 0.2) is 30.3 Å². The molecule has 2 aromatic rings. The Morgan fingerprint density at radius 2 is 1.84 bits per heavy atom. The highest BCUT2D eigenvalue weighted by molar-refractivity contribution is 7.12. The summed E-state index contributed by atoms with van der Waals surface area (Å²) in [7, 11) is 4.15. The van der Waals surface area contributed by atoms with Crippen molar-refractivity contribution in [3.8, 4) is 0 Å².